The molecule has 0 bridgehead atoms. The number of hydrogen-bond acceptors (Lipinski definition) is 1. The van der Waals surface area contributed by atoms with Crippen LogP contribution in [-0.4, -0.2) is 4.57 Å². The van der Waals surface area contributed by atoms with Crippen LogP contribution in [0.5, 0.6) is 0 Å². The van der Waals surface area contributed by atoms with E-state index in [0.29, 0.717) is 16.4 Å². The van der Waals surface area contributed by atoms with Crippen LogP contribution in [0.15, 0.2) is 64.0 Å². The van der Waals surface area contributed by atoms with Crippen LogP contribution in [0, 0.1) is 5.82 Å². The Morgan fingerprint density at radius 2 is 1.85 bits per heavy atom. The van der Waals surface area contributed by atoms with Gasteiger partial charge in [0.1, 0.15) is 5.82 Å². The van der Waals surface area contributed by atoms with Gasteiger partial charge in [-0.15, -0.1) is 0 Å². The van der Waals surface area contributed by atoms with E-state index >= 15 is 0 Å². The van der Waals surface area contributed by atoms with Crippen LogP contribution < -0.4 is 5.43 Å². The highest BCUT2D eigenvalue weighted by Crippen LogP contribution is 2.22. The fourth-order valence-corrected chi connectivity index (χ4v) is 2.64. The number of benzene rings is 2. The normalized spacial score (nSPS) is 10.9. The Labute approximate surface area is 123 Å². The fourth-order valence-electron chi connectivity index (χ4n) is 2.25. The highest BCUT2D eigenvalue weighted by molar-refractivity contribution is 9.10. The molecule has 100 valence electrons. The van der Waals surface area contributed by atoms with E-state index in [1.165, 1.54) is 12.1 Å². The molecule has 20 heavy (non-hydrogen) atoms. The van der Waals surface area contributed by atoms with Gasteiger partial charge in [0, 0.05) is 24.2 Å². The van der Waals surface area contributed by atoms with Crippen LogP contribution in [0.3, 0.4) is 0 Å². The van der Waals surface area contributed by atoms with E-state index in [0.717, 1.165) is 11.1 Å². The quantitative estimate of drug-likeness (QED) is 0.696. The van der Waals surface area contributed by atoms with Gasteiger partial charge in [0.15, 0.2) is 5.43 Å². The van der Waals surface area contributed by atoms with Crippen LogP contribution in [-0.2, 0) is 6.54 Å². The zero-order valence-corrected chi connectivity index (χ0v) is 12.1. The van der Waals surface area contributed by atoms with Gasteiger partial charge in [-0.3, -0.25) is 4.79 Å². The number of nitrogens with zero attached hydrogens (tertiary/aromatic N) is 1. The molecule has 2 aromatic carbocycles. The van der Waals surface area contributed by atoms with Crippen molar-refractivity contribution in [3.05, 3.63) is 80.8 Å². The number of hydrogen-bond donors (Lipinski definition) is 0. The Morgan fingerprint density at radius 3 is 2.70 bits per heavy atom. The monoisotopic (exact) mass is 331 g/mol. The molecule has 3 aromatic rings. The van der Waals surface area contributed by atoms with Crippen LogP contribution in [0.25, 0.3) is 10.9 Å². The van der Waals surface area contributed by atoms with Crippen molar-refractivity contribution >= 4 is 26.8 Å². The second kappa shape index (κ2) is 5.21. The lowest BCUT2D eigenvalue weighted by molar-refractivity contribution is 0.616. The van der Waals surface area contributed by atoms with E-state index in [-0.39, 0.29) is 11.2 Å². The first kappa shape index (κ1) is 13.1. The summed E-state index contributed by atoms with van der Waals surface area (Å²) in [6, 6.07) is 13.9. The van der Waals surface area contributed by atoms with Gasteiger partial charge < -0.3 is 4.57 Å². The zero-order valence-electron chi connectivity index (χ0n) is 10.5. The molecule has 0 N–H and O–H groups in total. The minimum absolute atomic E-state index is 0.00448. The van der Waals surface area contributed by atoms with Gasteiger partial charge in [-0.05, 0) is 39.7 Å². The number of pyridine rings is 1. The van der Waals surface area contributed by atoms with Crippen LogP contribution >= 0.6 is 15.9 Å². The minimum Gasteiger partial charge on any atom is -0.343 e. The number of fused-ring (bicyclic) bond motifs is 1. The molecule has 1 heterocycles. The van der Waals surface area contributed by atoms with Gasteiger partial charge >= 0.3 is 0 Å². The van der Waals surface area contributed by atoms with Crippen molar-refractivity contribution < 1.29 is 4.39 Å². The molecule has 0 unspecified atom stereocenters. The molecule has 0 amide bonds. The summed E-state index contributed by atoms with van der Waals surface area (Å²) in [6.45, 7) is 0.499. The summed E-state index contributed by atoms with van der Waals surface area (Å²) in [5.74, 6) is -0.284. The average molecular weight is 332 g/mol. The third-order valence-corrected chi connectivity index (χ3v) is 4.15. The van der Waals surface area contributed by atoms with Crippen molar-refractivity contribution in [2.24, 2.45) is 0 Å². The maximum Gasteiger partial charge on any atom is 0.189 e. The summed E-state index contributed by atoms with van der Waals surface area (Å²) in [7, 11) is 0. The largest absolute Gasteiger partial charge is 0.343 e. The molecule has 0 fully saturated rings. The SMILES string of the molecule is O=c1ccn(Cc2cccc(F)c2Br)c2ccccc12. The Balaban J connectivity index is 2.14. The van der Waals surface area contributed by atoms with Gasteiger partial charge in [-0.25, -0.2) is 4.39 Å². The molecule has 4 heteroatoms. The molecule has 0 aliphatic rings. The summed E-state index contributed by atoms with van der Waals surface area (Å²) in [5.41, 5.74) is 1.67. The summed E-state index contributed by atoms with van der Waals surface area (Å²) >= 11 is 3.27. The first-order valence-electron chi connectivity index (χ1n) is 6.18. The molecule has 0 aliphatic heterocycles. The van der Waals surface area contributed by atoms with E-state index in [2.05, 4.69) is 15.9 Å². The molecular weight excluding hydrogens is 321 g/mol. The average Bonchev–Trinajstić information content (AvgIpc) is 2.47. The van der Waals surface area contributed by atoms with Crippen LogP contribution in [0.4, 0.5) is 4.39 Å². The molecule has 1 aromatic heterocycles. The van der Waals surface area contributed by atoms with E-state index in [4.69, 9.17) is 0 Å². The predicted molar refractivity (Wildman–Crippen MR) is 81.4 cm³/mol. The van der Waals surface area contributed by atoms with E-state index in [1.54, 1.807) is 18.3 Å². The maximum absolute atomic E-state index is 13.6. The second-order valence-corrected chi connectivity index (χ2v) is 5.33. The molecule has 0 spiro atoms. The number of halogens is 2. The van der Waals surface area contributed by atoms with Crippen molar-refractivity contribution in [3.63, 3.8) is 0 Å². The summed E-state index contributed by atoms with van der Waals surface area (Å²) in [5, 5.41) is 0.669. The van der Waals surface area contributed by atoms with E-state index in [9.17, 15) is 9.18 Å². The van der Waals surface area contributed by atoms with Crippen molar-refractivity contribution in [1.82, 2.24) is 4.57 Å². The van der Waals surface area contributed by atoms with Gasteiger partial charge in [0.25, 0.3) is 0 Å². The van der Waals surface area contributed by atoms with Crippen LogP contribution in [0.2, 0.25) is 0 Å². The van der Waals surface area contributed by atoms with Crippen LogP contribution in [0.1, 0.15) is 5.56 Å². The third kappa shape index (κ3) is 2.27. The standard InChI is InChI=1S/C16H11BrFNO/c17-16-11(4-3-6-13(16)18)10-19-9-8-15(20)12-5-1-2-7-14(12)19/h1-9H,10H2. The first-order valence-corrected chi connectivity index (χ1v) is 6.97. The smallest absolute Gasteiger partial charge is 0.189 e. The number of para-hydroxylation sites is 1. The van der Waals surface area contributed by atoms with Gasteiger partial charge in [-0.1, -0.05) is 24.3 Å². The van der Waals surface area contributed by atoms with Gasteiger partial charge in [0.05, 0.1) is 9.99 Å². The molecule has 0 aliphatic carbocycles. The van der Waals surface area contributed by atoms with Crippen molar-refractivity contribution in [1.29, 1.82) is 0 Å². The summed E-state index contributed by atoms with van der Waals surface area (Å²) in [4.78, 5) is 11.8. The molecule has 0 saturated carbocycles. The predicted octanol–water partition coefficient (Wildman–Crippen LogP) is 3.95. The highest BCUT2D eigenvalue weighted by Gasteiger charge is 2.07. The van der Waals surface area contributed by atoms with Gasteiger partial charge in [0.2, 0.25) is 0 Å². The first-order chi connectivity index (χ1) is 9.66. The van der Waals surface area contributed by atoms with Crippen molar-refractivity contribution in [2.45, 2.75) is 6.54 Å². The molecule has 0 atom stereocenters. The second-order valence-electron chi connectivity index (χ2n) is 4.54. The molecular formula is C16H11BrFNO. The van der Waals surface area contributed by atoms with Crippen molar-refractivity contribution in [2.75, 3.05) is 0 Å². The minimum atomic E-state index is -0.284. The Bertz CT molecular complexity index is 841. The highest BCUT2D eigenvalue weighted by atomic mass is 79.9. The number of aromatic nitrogens is 1. The third-order valence-electron chi connectivity index (χ3n) is 3.26. The number of rotatable bonds is 2. The molecule has 0 radical (unpaired) electrons. The maximum atomic E-state index is 13.6. The van der Waals surface area contributed by atoms with E-state index < -0.39 is 0 Å². The Morgan fingerprint density at radius 1 is 1.05 bits per heavy atom. The molecule has 0 saturated heterocycles. The van der Waals surface area contributed by atoms with E-state index in [1.807, 2.05) is 28.8 Å². The molecule has 3 rings (SSSR count). The molecule has 2 nitrogen and oxygen atoms in total. The lowest BCUT2D eigenvalue weighted by Gasteiger charge is -2.12. The summed E-state index contributed by atoms with van der Waals surface area (Å²) in [6.07, 6.45) is 1.74. The topological polar surface area (TPSA) is 22.0 Å². The van der Waals surface area contributed by atoms with Gasteiger partial charge in [-0.2, -0.15) is 0 Å². The Kier molecular flexibility index (Phi) is 3.40. The lowest BCUT2D eigenvalue weighted by atomic mass is 10.1. The van der Waals surface area contributed by atoms with Crippen molar-refractivity contribution in [3.8, 4) is 0 Å². The zero-order chi connectivity index (χ0) is 14.1. The summed E-state index contributed by atoms with van der Waals surface area (Å²) < 4.78 is 16.0. The fraction of sp³-hybridized carbons (Fsp3) is 0.0625. The lowest BCUT2D eigenvalue weighted by Crippen LogP contribution is -2.09. The Hall–Kier alpha value is -1.94.